The van der Waals surface area contributed by atoms with Crippen LogP contribution in [-0.4, -0.2) is 9.97 Å². The summed E-state index contributed by atoms with van der Waals surface area (Å²) in [7, 11) is 0. The highest BCUT2D eigenvalue weighted by atomic mass is 79.9. The quantitative estimate of drug-likeness (QED) is 0.767. The van der Waals surface area contributed by atoms with Crippen LogP contribution in [0, 0.1) is 11.6 Å². The van der Waals surface area contributed by atoms with Gasteiger partial charge in [0.05, 0.1) is 4.47 Å². The number of aromatic nitrogens is 2. The fraction of sp³-hybridized carbons (Fsp3) is 0.333. The monoisotopic (exact) mass is 334 g/mol. The first kappa shape index (κ1) is 13.0. The molecule has 19 heavy (non-hydrogen) atoms. The smallest absolute Gasteiger partial charge is 0.144 e. The molecule has 3 rings (SSSR count). The molecular formula is C15H15BrN2S. The summed E-state index contributed by atoms with van der Waals surface area (Å²) in [6.07, 6.45) is 3.51. The highest BCUT2D eigenvalue weighted by Gasteiger charge is 2.23. The van der Waals surface area contributed by atoms with Gasteiger partial charge in [-0.25, -0.2) is 4.98 Å². The Kier molecular flexibility index (Phi) is 3.54. The standard InChI is InChI=1S/C15H15BrN2S/c1-9-13(16)15(19)18-14(17-9)12-8-4-6-10-5-2-3-7-11(10)12/h2-3,5,7,12H,4,6,8H2,1H3,(H,17,18,19). The normalized spacial score (nSPS) is 18.1. The van der Waals surface area contributed by atoms with E-state index in [-0.39, 0.29) is 0 Å². The predicted molar refractivity (Wildman–Crippen MR) is 83.1 cm³/mol. The van der Waals surface area contributed by atoms with Crippen molar-refractivity contribution in [2.75, 3.05) is 0 Å². The first-order chi connectivity index (χ1) is 9.16. The molecule has 1 N–H and O–H groups in total. The maximum atomic E-state index is 5.32. The minimum Gasteiger partial charge on any atom is -0.346 e. The van der Waals surface area contributed by atoms with Crippen molar-refractivity contribution in [3.8, 4) is 0 Å². The second kappa shape index (κ2) is 5.17. The number of hydrogen-bond acceptors (Lipinski definition) is 2. The largest absolute Gasteiger partial charge is 0.346 e. The zero-order valence-electron chi connectivity index (χ0n) is 10.7. The highest BCUT2D eigenvalue weighted by Crippen LogP contribution is 2.35. The Bertz CT molecular complexity index is 678. The Hall–Kier alpha value is -1.00. The van der Waals surface area contributed by atoms with Gasteiger partial charge >= 0.3 is 0 Å². The Labute approximate surface area is 126 Å². The van der Waals surface area contributed by atoms with Crippen LogP contribution in [0.2, 0.25) is 0 Å². The van der Waals surface area contributed by atoms with Crippen LogP contribution >= 0.6 is 28.1 Å². The topological polar surface area (TPSA) is 28.7 Å². The zero-order valence-corrected chi connectivity index (χ0v) is 13.1. The van der Waals surface area contributed by atoms with Gasteiger partial charge < -0.3 is 4.98 Å². The maximum absolute atomic E-state index is 5.32. The first-order valence-electron chi connectivity index (χ1n) is 6.51. The molecule has 1 aliphatic carbocycles. The van der Waals surface area contributed by atoms with E-state index in [9.17, 15) is 0 Å². The number of halogens is 1. The van der Waals surface area contributed by atoms with Gasteiger partial charge in [-0.05, 0) is 53.2 Å². The molecule has 1 atom stereocenters. The minimum atomic E-state index is 0.346. The number of nitrogens with one attached hydrogen (secondary N) is 1. The average Bonchev–Trinajstić information content (AvgIpc) is 2.43. The van der Waals surface area contributed by atoms with E-state index in [4.69, 9.17) is 12.2 Å². The van der Waals surface area contributed by atoms with Crippen LogP contribution in [-0.2, 0) is 6.42 Å². The lowest BCUT2D eigenvalue weighted by Gasteiger charge is -2.25. The molecule has 0 saturated carbocycles. The number of rotatable bonds is 1. The summed E-state index contributed by atoms with van der Waals surface area (Å²) in [6.45, 7) is 2.03. The Morgan fingerprint density at radius 3 is 2.95 bits per heavy atom. The minimum absolute atomic E-state index is 0.346. The summed E-state index contributed by atoms with van der Waals surface area (Å²) >= 11 is 8.79. The van der Waals surface area contributed by atoms with Gasteiger partial charge in [0.2, 0.25) is 0 Å². The molecule has 0 saturated heterocycles. The third-order valence-corrected chi connectivity index (χ3v) is 5.28. The lowest BCUT2D eigenvalue weighted by molar-refractivity contribution is 0.587. The van der Waals surface area contributed by atoms with Crippen LogP contribution in [0.4, 0.5) is 0 Å². The average molecular weight is 335 g/mol. The van der Waals surface area contributed by atoms with E-state index >= 15 is 0 Å². The zero-order chi connectivity index (χ0) is 13.4. The van der Waals surface area contributed by atoms with Crippen molar-refractivity contribution in [1.29, 1.82) is 0 Å². The number of hydrogen-bond donors (Lipinski definition) is 1. The SMILES string of the molecule is Cc1[nH]c(C2CCCc3ccccc32)nc(=S)c1Br. The summed E-state index contributed by atoms with van der Waals surface area (Å²) in [4.78, 5) is 7.97. The van der Waals surface area contributed by atoms with Gasteiger partial charge in [-0.1, -0.05) is 36.5 Å². The molecule has 1 aromatic heterocycles. The van der Waals surface area contributed by atoms with Crippen molar-refractivity contribution in [2.45, 2.75) is 32.1 Å². The van der Waals surface area contributed by atoms with Gasteiger partial charge in [0.1, 0.15) is 10.5 Å². The molecule has 1 unspecified atom stereocenters. The summed E-state index contributed by atoms with van der Waals surface area (Å²) in [5.41, 5.74) is 3.90. The number of fused-ring (bicyclic) bond motifs is 1. The molecule has 0 fully saturated rings. The van der Waals surface area contributed by atoms with Crippen LogP contribution in [0.3, 0.4) is 0 Å². The molecule has 2 aromatic rings. The van der Waals surface area contributed by atoms with Gasteiger partial charge in [-0.15, -0.1) is 0 Å². The Balaban J connectivity index is 2.12. The number of nitrogens with zero attached hydrogens (tertiary/aromatic N) is 1. The van der Waals surface area contributed by atoms with E-state index in [0.29, 0.717) is 10.6 Å². The molecule has 0 bridgehead atoms. The highest BCUT2D eigenvalue weighted by molar-refractivity contribution is 9.10. The second-order valence-corrected chi connectivity index (χ2v) is 6.19. The lowest BCUT2D eigenvalue weighted by atomic mass is 9.82. The van der Waals surface area contributed by atoms with E-state index in [1.54, 1.807) is 0 Å². The Morgan fingerprint density at radius 2 is 2.16 bits per heavy atom. The Morgan fingerprint density at radius 1 is 1.37 bits per heavy atom. The van der Waals surface area contributed by atoms with Gasteiger partial charge in [0.25, 0.3) is 0 Å². The first-order valence-corrected chi connectivity index (χ1v) is 7.71. The molecule has 0 amide bonds. The lowest BCUT2D eigenvalue weighted by Crippen LogP contribution is -2.14. The van der Waals surface area contributed by atoms with Crippen LogP contribution in [0.15, 0.2) is 28.7 Å². The number of benzene rings is 1. The number of aromatic amines is 1. The molecule has 1 heterocycles. The molecule has 0 spiro atoms. The van der Waals surface area contributed by atoms with E-state index < -0.39 is 0 Å². The van der Waals surface area contributed by atoms with Crippen LogP contribution < -0.4 is 0 Å². The van der Waals surface area contributed by atoms with Crippen LogP contribution in [0.25, 0.3) is 0 Å². The molecule has 1 aliphatic rings. The number of H-pyrrole nitrogens is 1. The molecule has 2 nitrogen and oxygen atoms in total. The molecule has 0 radical (unpaired) electrons. The fourth-order valence-corrected chi connectivity index (χ4v) is 3.24. The van der Waals surface area contributed by atoms with Crippen molar-refractivity contribution in [3.05, 3.63) is 56.0 Å². The fourth-order valence-electron chi connectivity index (χ4n) is 2.80. The maximum Gasteiger partial charge on any atom is 0.144 e. The summed E-state index contributed by atoms with van der Waals surface area (Å²) < 4.78 is 1.55. The van der Waals surface area contributed by atoms with Crippen molar-refractivity contribution >= 4 is 28.1 Å². The van der Waals surface area contributed by atoms with Crippen molar-refractivity contribution in [1.82, 2.24) is 9.97 Å². The molecular weight excluding hydrogens is 320 g/mol. The van der Waals surface area contributed by atoms with Gasteiger partial charge in [-0.2, -0.15) is 0 Å². The third kappa shape index (κ3) is 2.39. The number of aryl methyl sites for hydroxylation is 2. The summed E-state index contributed by atoms with van der Waals surface area (Å²) in [5.74, 6) is 1.34. The van der Waals surface area contributed by atoms with E-state index in [0.717, 1.165) is 22.4 Å². The summed E-state index contributed by atoms with van der Waals surface area (Å²) in [6, 6.07) is 8.66. The molecule has 0 aliphatic heterocycles. The van der Waals surface area contributed by atoms with Crippen molar-refractivity contribution in [2.24, 2.45) is 0 Å². The van der Waals surface area contributed by atoms with Crippen LogP contribution in [0.1, 0.15) is 41.4 Å². The van der Waals surface area contributed by atoms with E-state index in [1.807, 2.05) is 6.92 Å². The molecule has 1 aromatic carbocycles. The summed E-state index contributed by atoms with van der Waals surface area (Å²) in [5, 5.41) is 0. The predicted octanol–water partition coefficient (Wildman–Crippen LogP) is 4.68. The molecule has 4 heteroatoms. The van der Waals surface area contributed by atoms with Gasteiger partial charge in [0, 0.05) is 11.6 Å². The van der Waals surface area contributed by atoms with Crippen molar-refractivity contribution < 1.29 is 0 Å². The van der Waals surface area contributed by atoms with Crippen molar-refractivity contribution in [3.63, 3.8) is 0 Å². The molecule has 98 valence electrons. The van der Waals surface area contributed by atoms with Gasteiger partial charge in [0.15, 0.2) is 0 Å². The van der Waals surface area contributed by atoms with Crippen LogP contribution in [0.5, 0.6) is 0 Å². The second-order valence-electron chi connectivity index (χ2n) is 5.01. The third-order valence-electron chi connectivity index (χ3n) is 3.75. The van der Waals surface area contributed by atoms with Gasteiger partial charge in [-0.3, -0.25) is 0 Å². The van der Waals surface area contributed by atoms with E-state index in [2.05, 4.69) is 50.2 Å². The van der Waals surface area contributed by atoms with E-state index in [1.165, 1.54) is 24.0 Å².